The quantitative estimate of drug-likeness (QED) is 0.685. The topological polar surface area (TPSA) is 56.4 Å². The summed E-state index contributed by atoms with van der Waals surface area (Å²) in [6, 6.07) is 17.9. The minimum atomic E-state index is -0.430. The Kier molecular flexibility index (Phi) is 4.37. The fraction of sp³-hybridized carbons (Fsp3) is 0.385. The summed E-state index contributed by atoms with van der Waals surface area (Å²) in [7, 11) is 0. The van der Waals surface area contributed by atoms with Crippen LogP contribution in [0, 0.1) is 0 Å². The van der Waals surface area contributed by atoms with E-state index in [0.717, 1.165) is 47.8 Å². The highest BCUT2D eigenvalue weighted by molar-refractivity contribution is 5.97. The molecule has 1 aromatic heterocycles. The van der Waals surface area contributed by atoms with Crippen LogP contribution >= 0.6 is 0 Å². The van der Waals surface area contributed by atoms with Crippen molar-refractivity contribution in [2.24, 2.45) is 0 Å². The van der Waals surface area contributed by atoms with E-state index in [4.69, 9.17) is 0 Å². The summed E-state index contributed by atoms with van der Waals surface area (Å²) in [5, 5.41) is 1.16. The third-order valence-corrected chi connectivity index (χ3v) is 7.42. The standard InChI is InChI=1S/C26H27N3O2/c30-23-16-28(18-11-5-2-6-12-18)26(31)22-15-20-19-13-7-8-14-21(19)27-24(20)25(29(22)23)17-9-3-1-4-10-17/h1,3-4,7-10,13-14,18,22,25,27H,2,5-6,11-12,15-16H2/t22-,25-/m0/s1. The highest BCUT2D eigenvalue weighted by Gasteiger charge is 2.49. The first-order valence-corrected chi connectivity index (χ1v) is 11.5. The number of amides is 2. The van der Waals surface area contributed by atoms with Crippen molar-refractivity contribution in [3.8, 4) is 0 Å². The van der Waals surface area contributed by atoms with Gasteiger partial charge in [0.25, 0.3) is 0 Å². The molecule has 0 spiro atoms. The maximum Gasteiger partial charge on any atom is 0.246 e. The molecule has 0 bridgehead atoms. The molecule has 5 nitrogen and oxygen atoms in total. The third kappa shape index (κ3) is 2.90. The van der Waals surface area contributed by atoms with Gasteiger partial charge in [0, 0.05) is 29.1 Å². The Hall–Kier alpha value is -3.08. The zero-order valence-electron chi connectivity index (χ0n) is 17.6. The Morgan fingerprint density at radius 3 is 2.42 bits per heavy atom. The Bertz CT molecular complexity index is 1150. The van der Waals surface area contributed by atoms with Crippen molar-refractivity contribution in [1.29, 1.82) is 0 Å². The van der Waals surface area contributed by atoms with E-state index in [1.807, 2.05) is 40.1 Å². The largest absolute Gasteiger partial charge is 0.356 e. The minimum absolute atomic E-state index is 0.0633. The number of piperazine rings is 1. The predicted molar refractivity (Wildman–Crippen MR) is 120 cm³/mol. The number of rotatable bonds is 2. The maximum atomic E-state index is 13.8. The summed E-state index contributed by atoms with van der Waals surface area (Å²) < 4.78 is 0. The van der Waals surface area contributed by atoms with Crippen LogP contribution in [0.25, 0.3) is 10.9 Å². The van der Waals surface area contributed by atoms with Crippen molar-refractivity contribution in [3.05, 3.63) is 71.4 Å². The first kappa shape index (κ1) is 18.7. The maximum absolute atomic E-state index is 13.8. The molecule has 5 heteroatoms. The van der Waals surface area contributed by atoms with E-state index in [0.29, 0.717) is 6.42 Å². The van der Waals surface area contributed by atoms with Gasteiger partial charge in [0.2, 0.25) is 11.8 Å². The van der Waals surface area contributed by atoms with Crippen LogP contribution in [-0.4, -0.2) is 45.2 Å². The second-order valence-corrected chi connectivity index (χ2v) is 9.15. The Morgan fingerprint density at radius 1 is 0.871 bits per heavy atom. The lowest BCUT2D eigenvalue weighted by Gasteiger charge is -2.49. The van der Waals surface area contributed by atoms with Gasteiger partial charge in [-0.3, -0.25) is 9.59 Å². The monoisotopic (exact) mass is 413 g/mol. The number of para-hydroxylation sites is 1. The van der Waals surface area contributed by atoms with E-state index in [9.17, 15) is 9.59 Å². The van der Waals surface area contributed by atoms with Crippen LogP contribution in [0.2, 0.25) is 0 Å². The molecule has 1 aliphatic carbocycles. The molecular weight excluding hydrogens is 386 g/mol. The number of aromatic amines is 1. The van der Waals surface area contributed by atoms with E-state index >= 15 is 0 Å². The normalized spacial score (nSPS) is 24.4. The van der Waals surface area contributed by atoms with Crippen LogP contribution in [0.3, 0.4) is 0 Å². The average Bonchev–Trinajstić information content (AvgIpc) is 3.19. The smallest absolute Gasteiger partial charge is 0.246 e. The van der Waals surface area contributed by atoms with Crippen molar-refractivity contribution in [1.82, 2.24) is 14.8 Å². The van der Waals surface area contributed by atoms with E-state index in [1.165, 1.54) is 12.0 Å². The van der Waals surface area contributed by atoms with E-state index in [2.05, 4.69) is 29.2 Å². The molecule has 3 aliphatic rings. The molecule has 158 valence electrons. The van der Waals surface area contributed by atoms with E-state index in [-0.39, 0.29) is 30.4 Å². The van der Waals surface area contributed by atoms with Crippen LogP contribution in [0.1, 0.15) is 55.0 Å². The third-order valence-electron chi connectivity index (χ3n) is 7.42. The Balaban J connectivity index is 1.48. The van der Waals surface area contributed by atoms with Crippen LogP contribution in [0.5, 0.6) is 0 Å². The number of carbonyl (C=O) groups is 2. The zero-order chi connectivity index (χ0) is 20.9. The minimum Gasteiger partial charge on any atom is -0.356 e. The van der Waals surface area contributed by atoms with Gasteiger partial charge < -0.3 is 14.8 Å². The summed E-state index contributed by atoms with van der Waals surface area (Å²) in [5.74, 6) is 0.191. The fourth-order valence-corrected chi connectivity index (χ4v) is 5.97. The van der Waals surface area contributed by atoms with Gasteiger partial charge in [-0.2, -0.15) is 0 Å². The van der Waals surface area contributed by atoms with Gasteiger partial charge in [-0.15, -0.1) is 0 Å². The van der Waals surface area contributed by atoms with Crippen molar-refractivity contribution in [2.75, 3.05) is 6.54 Å². The van der Waals surface area contributed by atoms with Crippen molar-refractivity contribution in [3.63, 3.8) is 0 Å². The van der Waals surface area contributed by atoms with Gasteiger partial charge >= 0.3 is 0 Å². The molecule has 0 radical (unpaired) electrons. The van der Waals surface area contributed by atoms with Crippen LogP contribution < -0.4 is 0 Å². The van der Waals surface area contributed by atoms with Gasteiger partial charge in [0.15, 0.2) is 0 Å². The van der Waals surface area contributed by atoms with Crippen LogP contribution in [0.4, 0.5) is 0 Å². The molecule has 2 aliphatic heterocycles. The molecule has 31 heavy (non-hydrogen) atoms. The van der Waals surface area contributed by atoms with Gasteiger partial charge in [0.1, 0.15) is 12.6 Å². The number of fused-ring (bicyclic) bond motifs is 4. The van der Waals surface area contributed by atoms with Crippen molar-refractivity contribution in [2.45, 2.75) is 56.7 Å². The summed E-state index contributed by atoms with van der Waals surface area (Å²) in [6.45, 7) is 0.207. The molecule has 2 fully saturated rings. The molecular formula is C26H27N3O2. The summed E-state index contributed by atoms with van der Waals surface area (Å²) in [6.07, 6.45) is 6.15. The molecule has 2 amide bonds. The Labute approximate surface area is 182 Å². The summed E-state index contributed by atoms with van der Waals surface area (Å²) >= 11 is 0. The number of H-pyrrole nitrogens is 1. The molecule has 3 heterocycles. The Morgan fingerprint density at radius 2 is 1.61 bits per heavy atom. The van der Waals surface area contributed by atoms with Crippen LogP contribution in [0.15, 0.2) is 54.6 Å². The van der Waals surface area contributed by atoms with Crippen molar-refractivity contribution < 1.29 is 9.59 Å². The average molecular weight is 414 g/mol. The SMILES string of the molecule is O=C1[C@@H]2Cc3c([nH]c4ccccc34)[C@H](c3ccccc3)N2C(=O)CN1C1CCCCC1. The lowest BCUT2D eigenvalue weighted by molar-refractivity contribution is -0.161. The van der Waals surface area contributed by atoms with Gasteiger partial charge in [-0.05, 0) is 30.0 Å². The molecule has 3 aromatic rings. The lowest BCUT2D eigenvalue weighted by atomic mass is 9.85. The molecule has 0 unspecified atom stereocenters. The number of hydrogen-bond donors (Lipinski definition) is 1. The van der Waals surface area contributed by atoms with Gasteiger partial charge in [-0.25, -0.2) is 0 Å². The highest BCUT2D eigenvalue weighted by atomic mass is 16.2. The predicted octanol–water partition coefficient (Wildman–Crippen LogP) is 4.19. The molecule has 6 rings (SSSR count). The molecule has 2 aromatic carbocycles. The first-order chi connectivity index (χ1) is 15.2. The molecule has 2 atom stereocenters. The number of carbonyl (C=O) groups excluding carboxylic acids is 2. The van der Waals surface area contributed by atoms with Crippen LogP contribution in [-0.2, 0) is 16.0 Å². The van der Waals surface area contributed by atoms with E-state index in [1.54, 1.807) is 0 Å². The second-order valence-electron chi connectivity index (χ2n) is 9.15. The zero-order valence-corrected chi connectivity index (χ0v) is 17.6. The number of hydrogen-bond acceptors (Lipinski definition) is 2. The molecule has 1 saturated heterocycles. The molecule has 1 saturated carbocycles. The number of aromatic nitrogens is 1. The fourth-order valence-electron chi connectivity index (χ4n) is 5.97. The first-order valence-electron chi connectivity index (χ1n) is 11.5. The van der Waals surface area contributed by atoms with Gasteiger partial charge in [0.05, 0.1) is 6.04 Å². The molecule has 1 N–H and O–H groups in total. The summed E-state index contributed by atoms with van der Waals surface area (Å²) in [4.78, 5) is 34.7. The number of nitrogens with one attached hydrogen (secondary N) is 1. The van der Waals surface area contributed by atoms with Gasteiger partial charge in [-0.1, -0.05) is 67.8 Å². The number of nitrogens with zero attached hydrogens (tertiary/aromatic N) is 2. The summed E-state index contributed by atoms with van der Waals surface area (Å²) in [5.41, 5.74) is 4.35. The second kappa shape index (κ2) is 7.26. The number of benzene rings is 2. The lowest BCUT2D eigenvalue weighted by Crippen LogP contribution is -2.64. The van der Waals surface area contributed by atoms with Crippen molar-refractivity contribution >= 4 is 22.7 Å². The van der Waals surface area contributed by atoms with E-state index < -0.39 is 6.04 Å². The highest BCUT2D eigenvalue weighted by Crippen LogP contribution is 2.43.